The van der Waals surface area contributed by atoms with Gasteiger partial charge in [-0.15, -0.1) is 11.3 Å². The van der Waals surface area contributed by atoms with Crippen molar-refractivity contribution >= 4 is 36.3 Å². The van der Waals surface area contributed by atoms with Crippen molar-refractivity contribution in [2.45, 2.75) is 52.1 Å². The quantitative estimate of drug-likeness (QED) is 0.349. The molecule has 8 heteroatoms. The number of fused-ring (bicyclic) bond motifs is 3. The minimum absolute atomic E-state index is 0.0861. The molecule has 35 heavy (non-hydrogen) atoms. The van der Waals surface area contributed by atoms with Crippen LogP contribution in [-0.2, 0) is 20.8 Å². The maximum atomic E-state index is 13.5. The molecule has 0 spiro atoms. The van der Waals surface area contributed by atoms with Gasteiger partial charge in [-0.05, 0) is 80.1 Å². The molecule has 5 rings (SSSR count). The predicted molar refractivity (Wildman–Crippen MR) is 136 cm³/mol. The average molecular weight is 491 g/mol. The van der Waals surface area contributed by atoms with Crippen LogP contribution in [0.3, 0.4) is 0 Å². The maximum absolute atomic E-state index is 13.5. The van der Waals surface area contributed by atoms with E-state index in [2.05, 4.69) is 13.0 Å². The number of nitrogens with zero attached hydrogens (tertiary/aromatic N) is 1. The monoisotopic (exact) mass is 491 g/mol. The molecule has 4 atom stereocenters. The molecule has 2 fully saturated rings. The van der Waals surface area contributed by atoms with E-state index in [9.17, 15) is 19.7 Å². The second-order valence-corrected chi connectivity index (χ2v) is 11.0. The van der Waals surface area contributed by atoms with Crippen LogP contribution in [0.25, 0.3) is 6.08 Å². The van der Waals surface area contributed by atoms with Crippen LogP contribution in [-0.4, -0.2) is 40.1 Å². The Hall–Kier alpha value is -2.68. The van der Waals surface area contributed by atoms with Crippen LogP contribution in [0.1, 0.15) is 43.6 Å². The summed E-state index contributed by atoms with van der Waals surface area (Å²) in [5, 5.41) is 22.0. The molecule has 2 amide bonds. The minimum Gasteiger partial charge on any atom is -0.508 e. The third-order valence-corrected chi connectivity index (χ3v) is 8.41. The summed E-state index contributed by atoms with van der Waals surface area (Å²) in [5.74, 6) is -0.901. The maximum Gasteiger partial charge on any atom is 0.455 e. The first-order valence-electron chi connectivity index (χ1n) is 12.2. The number of phenolic OH excluding ortho intramolecular Hbond substituents is 1. The molecule has 1 aliphatic carbocycles. The van der Waals surface area contributed by atoms with Crippen LogP contribution in [0.15, 0.2) is 58.5 Å². The van der Waals surface area contributed by atoms with Crippen molar-refractivity contribution in [1.29, 1.82) is 0 Å². The first kappa shape index (κ1) is 24.0. The highest BCUT2D eigenvalue weighted by Gasteiger charge is 2.56. The molecule has 2 aromatic rings. The first-order valence-corrected chi connectivity index (χ1v) is 13.1. The highest BCUT2D eigenvalue weighted by atomic mass is 32.1. The van der Waals surface area contributed by atoms with Gasteiger partial charge in [0.05, 0.1) is 24.5 Å². The molecule has 182 valence electrons. The number of allylic oxidation sites excluding steroid dienone is 2. The highest BCUT2D eigenvalue weighted by molar-refractivity contribution is 7.09. The molecule has 1 aromatic heterocycles. The van der Waals surface area contributed by atoms with E-state index in [1.807, 2.05) is 36.6 Å². The molecule has 0 saturated carbocycles. The number of likely N-dealkylation sites (tertiary alicyclic amines) is 1. The molecule has 1 aromatic carbocycles. The lowest BCUT2D eigenvalue weighted by Gasteiger charge is -2.42. The van der Waals surface area contributed by atoms with Gasteiger partial charge in [0.1, 0.15) is 5.75 Å². The zero-order valence-corrected chi connectivity index (χ0v) is 20.8. The minimum atomic E-state index is -0.948. The molecule has 2 aliphatic heterocycles. The van der Waals surface area contributed by atoms with E-state index >= 15 is 0 Å². The molecule has 3 aliphatic rings. The van der Waals surface area contributed by atoms with E-state index in [0.717, 1.165) is 33.6 Å². The standard InChI is InChI=1S/C27H30BNO5S/c1-16(12-18-6-8-19(30)9-7-18)5-10-23-24-17(2)13-21-25(22(24)14-28(33)34-23)27(32)29(26(21)31)15-20-4-3-11-35-20/h3-4,6-9,11-12,21-23,25,30,33H,5,10,13-15H2,1-2H3/b16-12+/t21-,22+,23-,25-/m1/s1. The van der Waals surface area contributed by atoms with E-state index < -0.39 is 13.0 Å². The second kappa shape index (κ2) is 9.76. The van der Waals surface area contributed by atoms with Gasteiger partial charge in [-0.25, -0.2) is 0 Å². The van der Waals surface area contributed by atoms with Crippen LogP contribution >= 0.6 is 11.3 Å². The SMILES string of the molecule is CC1=C2[C@@H](CC/C(C)=C/c3ccc(O)cc3)OB(O)C[C@@H]2[C@@H]2C(=O)N(Cc3cccs3)C(=O)[C@@H]2C1. The molecular formula is C27H30BNO5S. The van der Waals surface area contributed by atoms with Crippen molar-refractivity contribution in [3.8, 4) is 5.75 Å². The summed E-state index contributed by atoms with van der Waals surface area (Å²) in [4.78, 5) is 29.1. The van der Waals surface area contributed by atoms with E-state index in [0.29, 0.717) is 25.7 Å². The molecular weight excluding hydrogens is 461 g/mol. The zero-order valence-electron chi connectivity index (χ0n) is 20.0. The lowest BCUT2D eigenvalue weighted by Crippen LogP contribution is -2.46. The van der Waals surface area contributed by atoms with E-state index in [4.69, 9.17) is 4.65 Å². The lowest BCUT2D eigenvalue weighted by molar-refractivity contribution is -0.140. The summed E-state index contributed by atoms with van der Waals surface area (Å²) >= 11 is 1.55. The Labute approximate surface area is 210 Å². The largest absolute Gasteiger partial charge is 0.508 e. The molecule has 0 radical (unpaired) electrons. The van der Waals surface area contributed by atoms with Gasteiger partial charge in [0.2, 0.25) is 11.8 Å². The van der Waals surface area contributed by atoms with Crippen LogP contribution in [0.5, 0.6) is 5.75 Å². The number of carbonyl (C=O) groups is 2. The Morgan fingerprint density at radius 1 is 1.20 bits per heavy atom. The fourth-order valence-corrected chi connectivity index (χ4v) is 6.68. The number of aromatic hydroxyl groups is 1. The van der Waals surface area contributed by atoms with Gasteiger partial charge < -0.3 is 14.8 Å². The highest BCUT2D eigenvalue weighted by Crippen LogP contribution is 2.50. The van der Waals surface area contributed by atoms with E-state index in [1.54, 1.807) is 23.5 Å². The van der Waals surface area contributed by atoms with Crippen molar-refractivity contribution in [2.24, 2.45) is 17.8 Å². The van der Waals surface area contributed by atoms with Crippen molar-refractivity contribution in [1.82, 2.24) is 4.90 Å². The average Bonchev–Trinajstić information content (AvgIpc) is 3.42. The predicted octanol–water partition coefficient (Wildman–Crippen LogP) is 4.65. The van der Waals surface area contributed by atoms with Crippen LogP contribution < -0.4 is 0 Å². The summed E-state index contributed by atoms with van der Waals surface area (Å²) in [6, 6.07) is 10.9. The van der Waals surface area contributed by atoms with E-state index in [-0.39, 0.29) is 35.5 Å². The summed E-state index contributed by atoms with van der Waals surface area (Å²) in [6.07, 6.45) is 4.18. The topological polar surface area (TPSA) is 87.1 Å². The van der Waals surface area contributed by atoms with Crippen molar-refractivity contribution < 1.29 is 24.4 Å². The zero-order chi connectivity index (χ0) is 24.7. The number of benzene rings is 1. The Kier molecular flexibility index (Phi) is 6.70. The summed E-state index contributed by atoms with van der Waals surface area (Å²) in [6.45, 7) is 4.43. The Bertz CT molecular complexity index is 1170. The number of imide groups is 1. The third-order valence-electron chi connectivity index (χ3n) is 7.54. The van der Waals surface area contributed by atoms with E-state index in [1.165, 1.54) is 4.90 Å². The van der Waals surface area contributed by atoms with Gasteiger partial charge in [0, 0.05) is 4.88 Å². The summed E-state index contributed by atoms with van der Waals surface area (Å²) in [7, 11) is -0.948. The fourth-order valence-electron chi connectivity index (χ4n) is 5.99. The number of phenols is 1. The van der Waals surface area contributed by atoms with Crippen LogP contribution in [0.2, 0.25) is 6.32 Å². The van der Waals surface area contributed by atoms with Crippen molar-refractivity contribution in [3.63, 3.8) is 0 Å². The normalized spacial score (nSPS) is 26.9. The molecule has 6 nitrogen and oxygen atoms in total. The Morgan fingerprint density at radius 3 is 2.69 bits per heavy atom. The first-order chi connectivity index (χ1) is 16.8. The third kappa shape index (κ3) is 4.75. The molecule has 3 heterocycles. The molecule has 2 saturated heterocycles. The van der Waals surface area contributed by atoms with Gasteiger partial charge in [-0.2, -0.15) is 0 Å². The molecule has 0 bridgehead atoms. The van der Waals surface area contributed by atoms with Crippen LogP contribution in [0.4, 0.5) is 0 Å². The van der Waals surface area contributed by atoms with Crippen molar-refractivity contribution in [2.75, 3.05) is 0 Å². The summed E-state index contributed by atoms with van der Waals surface area (Å²) < 4.78 is 5.99. The van der Waals surface area contributed by atoms with Gasteiger partial charge in [0.15, 0.2) is 0 Å². The van der Waals surface area contributed by atoms with Gasteiger partial charge in [-0.1, -0.05) is 35.4 Å². The Balaban J connectivity index is 1.34. The number of hydrogen-bond acceptors (Lipinski definition) is 6. The van der Waals surface area contributed by atoms with Crippen LogP contribution in [0, 0.1) is 17.8 Å². The Morgan fingerprint density at radius 2 is 1.97 bits per heavy atom. The van der Waals surface area contributed by atoms with Gasteiger partial charge in [-0.3, -0.25) is 14.5 Å². The molecule has 2 N–H and O–H groups in total. The number of carbonyl (C=O) groups excluding carboxylic acids is 2. The molecule has 0 unspecified atom stereocenters. The smallest absolute Gasteiger partial charge is 0.455 e. The number of amides is 2. The number of hydrogen-bond donors (Lipinski definition) is 2. The van der Waals surface area contributed by atoms with Gasteiger partial charge in [0.25, 0.3) is 0 Å². The van der Waals surface area contributed by atoms with Gasteiger partial charge >= 0.3 is 7.12 Å². The fraction of sp³-hybridized carbons (Fsp3) is 0.407. The number of rotatable bonds is 6. The number of thiophene rings is 1. The van der Waals surface area contributed by atoms with Crippen molar-refractivity contribution in [3.05, 3.63) is 68.9 Å². The lowest BCUT2D eigenvalue weighted by atomic mass is 9.59. The second-order valence-electron chi connectivity index (χ2n) is 9.96. The summed E-state index contributed by atoms with van der Waals surface area (Å²) in [5.41, 5.74) is 4.40.